The average Bonchev–Trinajstić information content (AvgIpc) is 2.10. The largest absolute Gasteiger partial charge is 0.359 e. The maximum Gasteiger partial charge on any atom is 0.222 e. The van der Waals surface area contributed by atoms with Gasteiger partial charge in [-0.05, 0) is 18.8 Å². The van der Waals surface area contributed by atoms with Crippen molar-refractivity contribution in [1.82, 2.24) is 5.32 Å². The molecule has 1 N–H and O–H groups in total. The molecule has 0 aromatic heterocycles. The quantitative estimate of drug-likeness (QED) is 0.651. The SMILES string of the molecule is CNC(=O)C(C)C/C=C/CC(C)C. The minimum atomic E-state index is 0.0911. The van der Waals surface area contributed by atoms with E-state index in [1.54, 1.807) is 7.05 Å². The molecule has 2 nitrogen and oxygen atoms in total. The van der Waals surface area contributed by atoms with Crippen LogP contribution in [0.3, 0.4) is 0 Å². The van der Waals surface area contributed by atoms with Crippen LogP contribution in [0.25, 0.3) is 0 Å². The van der Waals surface area contributed by atoms with Crippen molar-refractivity contribution in [3.63, 3.8) is 0 Å². The first kappa shape index (κ1) is 12.2. The van der Waals surface area contributed by atoms with Crippen LogP contribution in [0.15, 0.2) is 12.2 Å². The van der Waals surface area contributed by atoms with Gasteiger partial charge in [0, 0.05) is 13.0 Å². The zero-order chi connectivity index (χ0) is 10.3. The highest BCUT2D eigenvalue weighted by molar-refractivity contribution is 5.77. The summed E-state index contributed by atoms with van der Waals surface area (Å²) in [6.07, 6.45) is 6.19. The highest BCUT2D eigenvalue weighted by Gasteiger charge is 2.07. The van der Waals surface area contributed by atoms with Gasteiger partial charge < -0.3 is 5.32 Å². The van der Waals surface area contributed by atoms with Crippen LogP contribution in [-0.4, -0.2) is 13.0 Å². The van der Waals surface area contributed by atoms with E-state index < -0.39 is 0 Å². The van der Waals surface area contributed by atoms with Crippen LogP contribution in [0, 0.1) is 11.8 Å². The van der Waals surface area contributed by atoms with Crippen LogP contribution < -0.4 is 5.32 Å². The first-order valence-corrected chi connectivity index (χ1v) is 4.94. The third-order valence-electron chi connectivity index (χ3n) is 1.96. The lowest BCUT2D eigenvalue weighted by Crippen LogP contribution is -2.24. The summed E-state index contributed by atoms with van der Waals surface area (Å²) in [4.78, 5) is 11.1. The lowest BCUT2D eigenvalue weighted by Gasteiger charge is -2.05. The Kier molecular flexibility index (Phi) is 6.29. The Morgan fingerprint density at radius 2 is 1.77 bits per heavy atom. The standard InChI is InChI=1S/C11H21NO/c1-9(2)7-5-6-8-10(3)11(13)12-4/h5-6,9-10H,7-8H2,1-4H3,(H,12,13)/b6-5+. The molecule has 0 heterocycles. The molecule has 13 heavy (non-hydrogen) atoms. The number of amides is 1. The Balaban J connectivity index is 3.63. The van der Waals surface area contributed by atoms with Crippen molar-refractivity contribution in [2.75, 3.05) is 7.05 Å². The van der Waals surface area contributed by atoms with Gasteiger partial charge in [0.2, 0.25) is 5.91 Å². The van der Waals surface area contributed by atoms with E-state index in [-0.39, 0.29) is 11.8 Å². The molecule has 0 aliphatic heterocycles. The fourth-order valence-corrected chi connectivity index (χ4v) is 1.02. The molecule has 0 rings (SSSR count). The Bertz CT molecular complexity index is 173. The second-order valence-corrected chi connectivity index (χ2v) is 3.85. The summed E-state index contributed by atoms with van der Waals surface area (Å²) in [6.45, 7) is 6.32. The summed E-state index contributed by atoms with van der Waals surface area (Å²) < 4.78 is 0. The van der Waals surface area contributed by atoms with Crippen LogP contribution in [0.1, 0.15) is 33.6 Å². The molecule has 0 saturated heterocycles. The number of allylic oxidation sites excluding steroid dienone is 2. The Morgan fingerprint density at radius 3 is 2.23 bits per heavy atom. The first-order valence-electron chi connectivity index (χ1n) is 4.94. The normalized spacial score (nSPS) is 13.6. The van der Waals surface area contributed by atoms with Gasteiger partial charge in [-0.3, -0.25) is 4.79 Å². The summed E-state index contributed by atoms with van der Waals surface area (Å²) in [6, 6.07) is 0. The van der Waals surface area contributed by atoms with Gasteiger partial charge in [0.05, 0.1) is 0 Å². The highest BCUT2D eigenvalue weighted by Crippen LogP contribution is 2.05. The zero-order valence-electron chi connectivity index (χ0n) is 9.13. The van der Waals surface area contributed by atoms with E-state index in [0.717, 1.165) is 12.8 Å². The Labute approximate surface area is 81.4 Å². The average molecular weight is 183 g/mol. The molecule has 2 heteroatoms. The van der Waals surface area contributed by atoms with Crippen LogP contribution in [0.4, 0.5) is 0 Å². The molecule has 1 unspecified atom stereocenters. The molecule has 1 amide bonds. The summed E-state index contributed by atoms with van der Waals surface area (Å²) >= 11 is 0. The zero-order valence-corrected chi connectivity index (χ0v) is 9.13. The summed E-state index contributed by atoms with van der Waals surface area (Å²) in [5, 5.41) is 2.64. The predicted octanol–water partition coefficient (Wildman–Crippen LogP) is 2.36. The van der Waals surface area contributed by atoms with E-state index >= 15 is 0 Å². The van der Waals surface area contributed by atoms with E-state index in [2.05, 4.69) is 31.3 Å². The molecular weight excluding hydrogens is 162 g/mol. The number of carbonyl (C=O) groups excluding carboxylic acids is 1. The van der Waals surface area contributed by atoms with Gasteiger partial charge in [-0.2, -0.15) is 0 Å². The van der Waals surface area contributed by atoms with Crippen molar-refractivity contribution in [2.45, 2.75) is 33.6 Å². The molecule has 0 aromatic carbocycles. The third-order valence-corrected chi connectivity index (χ3v) is 1.96. The van der Waals surface area contributed by atoms with Crippen LogP contribution in [-0.2, 0) is 4.79 Å². The van der Waals surface area contributed by atoms with Crippen molar-refractivity contribution in [2.24, 2.45) is 11.8 Å². The monoisotopic (exact) mass is 183 g/mol. The van der Waals surface area contributed by atoms with Crippen molar-refractivity contribution in [3.05, 3.63) is 12.2 Å². The number of hydrogen-bond acceptors (Lipinski definition) is 1. The molecule has 76 valence electrons. The molecule has 1 atom stereocenters. The van der Waals surface area contributed by atoms with Crippen molar-refractivity contribution < 1.29 is 4.79 Å². The molecule has 0 bridgehead atoms. The number of rotatable bonds is 5. The van der Waals surface area contributed by atoms with Crippen LogP contribution >= 0.6 is 0 Å². The van der Waals surface area contributed by atoms with Crippen LogP contribution in [0.2, 0.25) is 0 Å². The highest BCUT2D eigenvalue weighted by atomic mass is 16.1. The molecule has 0 radical (unpaired) electrons. The van der Waals surface area contributed by atoms with Gasteiger partial charge in [-0.25, -0.2) is 0 Å². The van der Waals surface area contributed by atoms with E-state index in [1.807, 2.05) is 6.92 Å². The summed E-state index contributed by atoms with van der Waals surface area (Å²) in [5.74, 6) is 0.911. The second-order valence-electron chi connectivity index (χ2n) is 3.85. The topological polar surface area (TPSA) is 29.1 Å². The Hall–Kier alpha value is -0.790. The smallest absolute Gasteiger partial charge is 0.222 e. The summed E-state index contributed by atoms with van der Waals surface area (Å²) in [7, 11) is 1.68. The molecule has 0 aliphatic rings. The minimum absolute atomic E-state index is 0.0911. The maximum absolute atomic E-state index is 11.1. The molecule has 0 saturated carbocycles. The van der Waals surface area contributed by atoms with Gasteiger partial charge >= 0.3 is 0 Å². The van der Waals surface area contributed by atoms with Crippen LogP contribution in [0.5, 0.6) is 0 Å². The molecule has 0 spiro atoms. The minimum Gasteiger partial charge on any atom is -0.359 e. The van der Waals surface area contributed by atoms with E-state index in [4.69, 9.17) is 0 Å². The number of carbonyl (C=O) groups is 1. The number of nitrogens with one attached hydrogen (secondary N) is 1. The van der Waals surface area contributed by atoms with E-state index in [1.165, 1.54) is 0 Å². The third kappa shape index (κ3) is 6.38. The lowest BCUT2D eigenvalue weighted by molar-refractivity contribution is -0.123. The second kappa shape index (κ2) is 6.70. The van der Waals surface area contributed by atoms with Gasteiger partial charge in [-0.15, -0.1) is 0 Å². The van der Waals surface area contributed by atoms with Gasteiger partial charge in [-0.1, -0.05) is 32.9 Å². The van der Waals surface area contributed by atoms with Crippen molar-refractivity contribution in [1.29, 1.82) is 0 Å². The lowest BCUT2D eigenvalue weighted by atomic mass is 10.1. The molecule has 0 fully saturated rings. The predicted molar refractivity (Wildman–Crippen MR) is 56.4 cm³/mol. The van der Waals surface area contributed by atoms with Gasteiger partial charge in [0.15, 0.2) is 0 Å². The van der Waals surface area contributed by atoms with Crippen molar-refractivity contribution >= 4 is 5.91 Å². The fraction of sp³-hybridized carbons (Fsp3) is 0.727. The van der Waals surface area contributed by atoms with Gasteiger partial charge in [0.1, 0.15) is 0 Å². The van der Waals surface area contributed by atoms with E-state index in [9.17, 15) is 4.79 Å². The molecular formula is C11H21NO. The first-order chi connectivity index (χ1) is 6.07. The summed E-state index contributed by atoms with van der Waals surface area (Å²) in [5.41, 5.74) is 0. The van der Waals surface area contributed by atoms with Gasteiger partial charge in [0.25, 0.3) is 0 Å². The maximum atomic E-state index is 11.1. The number of hydrogen-bond donors (Lipinski definition) is 1. The van der Waals surface area contributed by atoms with Crippen molar-refractivity contribution in [3.8, 4) is 0 Å². The fourth-order valence-electron chi connectivity index (χ4n) is 1.02. The molecule has 0 aliphatic carbocycles. The van der Waals surface area contributed by atoms with E-state index in [0.29, 0.717) is 5.92 Å². The molecule has 0 aromatic rings. The Morgan fingerprint density at radius 1 is 1.23 bits per heavy atom.